The molecule has 21 heavy (non-hydrogen) atoms. The van der Waals surface area contributed by atoms with Gasteiger partial charge < -0.3 is 4.74 Å². The topological polar surface area (TPSA) is 43.4 Å². The minimum Gasteiger partial charge on any atom is -0.469 e. The summed E-state index contributed by atoms with van der Waals surface area (Å²) >= 11 is 0. The van der Waals surface area contributed by atoms with Gasteiger partial charge in [-0.25, -0.2) is 0 Å². The molecule has 0 bridgehead atoms. The molecule has 1 aromatic rings. The Balaban J connectivity index is 2.06. The molecule has 1 spiro atoms. The van der Waals surface area contributed by atoms with E-state index < -0.39 is 5.41 Å². The highest BCUT2D eigenvalue weighted by Crippen LogP contribution is 2.50. The third kappa shape index (κ3) is 2.29. The molecule has 0 aromatic heterocycles. The zero-order chi connectivity index (χ0) is 14.9. The number of ketones is 1. The molecule has 0 aliphatic heterocycles. The first-order valence-electron chi connectivity index (χ1n) is 7.87. The highest BCUT2D eigenvalue weighted by Gasteiger charge is 2.50. The first-order chi connectivity index (χ1) is 10.2. The Morgan fingerprint density at radius 1 is 1.29 bits per heavy atom. The molecule has 0 unspecified atom stereocenters. The van der Waals surface area contributed by atoms with Crippen LogP contribution >= 0.6 is 0 Å². The Kier molecular flexibility index (Phi) is 3.83. The zero-order valence-corrected chi connectivity index (χ0v) is 12.6. The number of benzene rings is 1. The second-order valence-electron chi connectivity index (χ2n) is 6.27. The van der Waals surface area contributed by atoms with Crippen molar-refractivity contribution in [2.24, 2.45) is 5.92 Å². The Morgan fingerprint density at radius 3 is 2.90 bits per heavy atom. The molecule has 2 aliphatic rings. The van der Waals surface area contributed by atoms with Crippen LogP contribution in [0.1, 0.15) is 49.7 Å². The Bertz CT molecular complexity index is 563. The lowest BCUT2D eigenvalue weighted by atomic mass is 9.56. The van der Waals surface area contributed by atoms with Crippen LogP contribution in [0.2, 0.25) is 0 Å². The van der Waals surface area contributed by atoms with Crippen molar-refractivity contribution in [2.45, 2.75) is 50.4 Å². The molecule has 1 aromatic carbocycles. The summed E-state index contributed by atoms with van der Waals surface area (Å²) in [5.74, 6) is 0.222. The number of hydrogen-bond donors (Lipinski definition) is 0. The molecule has 1 saturated carbocycles. The van der Waals surface area contributed by atoms with Gasteiger partial charge in [-0.05, 0) is 36.3 Å². The predicted octanol–water partition coefficient (Wildman–Crippen LogP) is 3.19. The monoisotopic (exact) mass is 286 g/mol. The van der Waals surface area contributed by atoms with Crippen molar-refractivity contribution in [3.05, 3.63) is 35.4 Å². The second-order valence-corrected chi connectivity index (χ2v) is 6.27. The SMILES string of the molecule is COC(=O)C[C@@H]1CCCC[C@]12C(=O)CCc1ccccc12. The van der Waals surface area contributed by atoms with Gasteiger partial charge in [0.15, 0.2) is 0 Å². The molecule has 0 heterocycles. The third-order valence-electron chi connectivity index (χ3n) is 5.33. The summed E-state index contributed by atoms with van der Waals surface area (Å²) in [5.41, 5.74) is 2.02. The summed E-state index contributed by atoms with van der Waals surface area (Å²) in [6.45, 7) is 0. The van der Waals surface area contributed by atoms with Crippen LogP contribution in [0.15, 0.2) is 24.3 Å². The number of rotatable bonds is 2. The lowest BCUT2D eigenvalue weighted by Gasteiger charge is -2.46. The van der Waals surface area contributed by atoms with Gasteiger partial charge in [0.05, 0.1) is 12.5 Å². The predicted molar refractivity (Wildman–Crippen MR) is 80.0 cm³/mol. The average Bonchev–Trinajstić information content (AvgIpc) is 2.53. The largest absolute Gasteiger partial charge is 0.469 e. The number of carbonyl (C=O) groups is 2. The molecule has 3 rings (SSSR count). The van der Waals surface area contributed by atoms with E-state index in [1.54, 1.807) is 0 Å². The van der Waals surface area contributed by atoms with E-state index in [-0.39, 0.29) is 11.9 Å². The van der Waals surface area contributed by atoms with Crippen LogP contribution in [0, 0.1) is 5.92 Å². The van der Waals surface area contributed by atoms with Crippen molar-refractivity contribution in [1.82, 2.24) is 0 Å². The van der Waals surface area contributed by atoms with Crippen LogP contribution in [0.3, 0.4) is 0 Å². The summed E-state index contributed by atoms with van der Waals surface area (Å²) in [6.07, 6.45) is 5.78. The maximum Gasteiger partial charge on any atom is 0.305 e. The molecule has 1 fully saturated rings. The standard InChI is InChI=1S/C18H22O3/c1-21-17(20)12-14-7-4-5-11-18(14)15-8-3-2-6-13(15)9-10-16(18)19/h2-3,6,8,14H,4-5,7,9-12H2,1H3/t14-,18-/m0/s1. The molecule has 2 atom stereocenters. The van der Waals surface area contributed by atoms with Gasteiger partial charge in [0.1, 0.15) is 5.78 Å². The average molecular weight is 286 g/mol. The molecule has 0 saturated heterocycles. The zero-order valence-electron chi connectivity index (χ0n) is 12.6. The Morgan fingerprint density at radius 2 is 2.10 bits per heavy atom. The summed E-state index contributed by atoms with van der Waals surface area (Å²) in [7, 11) is 1.43. The van der Waals surface area contributed by atoms with Gasteiger partial charge in [-0.3, -0.25) is 9.59 Å². The van der Waals surface area contributed by atoms with Crippen LogP contribution < -0.4 is 0 Å². The van der Waals surface area contributed by atoms with E-state index >= 15 is 0 Å². The van der Waals surface area contributed by atoms with E-state index in [1.165, 1.54) is 18.2 Å². The van der Waals surface area contributed by atoms with E-state index in [9.17, 15) is 9.59 Å². The van der Waals surface area contributed by atoms with Crippen molar-refractivity contribution in [1.29, 1.82) is 0 Å². The minimum absolute atomic E-state index is 0.0904. The fraction of sp³-hybridized carbons (Fsp3) is 0.556. The number of aryl methyl sites for hydroxylation is 1. The van der Waals surface area contributed by atoms with Gasteiger partial charge in [-0.15, -0.1) is 0 Å². The van der Waals surface area contributed by atoms with Crippen LogP contribution in [0.25, 0.3) is 0 Å². The Labute approximate surface area is 125 Å². The van der Waals surface area contributed by atoms with E-state index in [0.29, 0.717) is 18.6 Å². The number of ether oxygens (including phenoxy) is 1. The van der Waals surface area contributed by atoms with E-state index in [4.69, 9.17) is 4.74 Å². The Hall–Kier alpha value is -1.64. The number of carbonyl (C=O) groups excluding carboxylic acids is 2. The smallest absolute Gasteiger partial charge is 0.305 e. The number of fused-ring (bicyclic) bond motifs is 2. The molecule has 3 nitrogen and oxygen atoms in total. The van der Waals surface area contributed by atoms with Gasteiger partial charge in [-0.2, -0.15) is 0 Å². The van der Waals surface area contributed by atoms with E-state index in [0.717, 1.165) is 32.1 Å². The number of hydrogen-bond acceptors (Lipinski definition) is 3. The lowest BCUT2D eigenvalue weighted by Crippen LogP contribution is -2.48. The summed E-state index contributed by atoms with van der Waals surface area (Å²) in [5, 5.41) is 0. The second kappa shape index (κ2) is 5.63. The highest BCUT2D eigenvalue weighted by molar-refractivity contribution is 5.93. The first-order valence-corrected chi connectivity index (χ1v) is 7.87. The normalized spacial score (nSPS) is 28.2. The maximum absolute atomic E-state index is 12.9. The molecule has 112 valence electrons. The third-order valence-corrected chi connectivity index (χ3v) is 5.33. The van der Waals surface area contributed by atoms with Gasteiger partial charge in [-0.1, -0.05) is 37.1 Å². The van der Waals surface area contributed by atoms with Gasteiger partial charge in [0.25, 0.3) is 0 Å². The van der Waals surface area contributed by atoms with Crippen LogP contribution in [0.5, 0.6) is 0 Å². The van der Waals surface area contributed by atoms with E-state index in [1.807, 2.05) is 12.1 Å². The summed E-state index contributed by atoms with van der Waals surface area (Å²) in [6, 6.07) is 8.29. The molecule has 0 amide bonds. The van der Waals surface area contributed by atoms with Crippen LogP contribution in [-0.2, 0) is 26.2 Å². The maximum atomic E-state index is 12.9. The van der Waals surface area contributed by atoms with Crippen molar-refractivity contribution in [3.8, 4) is 0 Å². The highest BCUT2D eigenvalue weighted by atomic mass is 16.5. The molecule has 3 heteroatoms. The van der Waals surface area contributed by atoms with E-state index in [2.05, 4.69) is 12.1 Å². The van der Waals surface area contributed by atoms with Crippen LogP contribution in [-0.4, -0.2) is 18.9 Å². The van der Waals surface area contributed by atoms with Crippen molar-refractivity contribution >= 4 is 11.8 Å². The first kappa shape index (κ1) is 14.3. The number of Topliss-reactive ketones (excluding diaryl/α,β-unsaturated/α-hetero) is 1. The van der Waals surface area contributed by atoms with Crippen molar-refractivity contribution in [2.75, 3.05) is 7.11 Å². The lowest BCUT2D eigenvalue weighted by molar-refractivity contribution is -0.143. The molecule has 0 radical (unpaired) electrons. The molecular formula is C18H22O3. The molecule has 2 aliphatic carbocycles. The van der Waals surface area contributed by atoms with Gasteiger partial charge in [0.2, 0.25) is 0 Å². The fourth-order valence-electron chi connectivity index (χ4n) is 4.32. The molecule has 0 N–H and O–H groups in total. The van der Waals surface area contributed by atoms with Crippen molar-refractivity contribution in [3.63, 3.8) is 0 Å². The van der Waals surface area contributed by atoms with Crippen LogP contribution in [0.4, 0.5) is 0 Å². The minimum atomic E-state index is -0.443. The van der Waals surface area contributed by atoms with Crippen molar-refractivity contribution < 1.29 is 14.3 Å². The summed E-state index contributed by atoms with van der Waals surface area (Å²) in [4.78, 5) is 24.7. The fourth-order valence-corrected chi connectivity index (χ4v) is 4.32. The van der Waals surface area contributed by atoms with Gasteiger partial charge >= 0.3 is 5.97 Å². The molecular weight excluding hydrogens is 264 g/mol. The summed E-state index contributed by atoms with van der Waals surface area (Å²) < 4.78 is 4.86. The van der Waals surface area contributed by atoms with Gasteiger partial charge in [0, 0.05) is 12.8 Å². The number of methoxy groups -OCH3 is 1. The quantitative estimate of drug-likeness (QED) is 0.784. The number of esters is 1.